The molecule has 0 atom stereocenters. The van der Waals surface area contributed by atoms with Gasteiger partial charge < -0.3 is 5.73 Å². The Morgan fingerprint density at radius 1 is 1.36 bits per heavy atom. The van der Waals surface area contributed by atoms with Crippen LogP contribution in [0.1, 0.15) is 11.1 Å². The second-order valence-electron chi connectivity index (χ2n) is 3.79. The van der Waals surface area contributed by atoms with Crippen molar-refractivity contribution in [3.05, 3.63) is 41.5 Å². The lowest BCUT2D eigenvalue weighted by molar-refractivity contribution is 0.438. The highest BCUT2D eigenvalue weighted by Crippen LogP contribution is 2.23. The summed E-state index contributed by atoms with van der Waals surface area (Å²) >= 11 is 0. The molecule has 2 N–H and O–H groups in total. The maximum Gasteiger partial charge on any atom is 0.0237 e. The number of hydrogen-bond acceptors (Lipinski definition) is 2. The lowest BCUT2D eigenvalue weighted by Gasteiger charge is -2.10. The first-order valence-electron chi connectivity index (χ1n) is 4.97. The summed E-state index contributed by atoms with van der Waals surface area (Å²) in [6.45, 7) is 2.71. The fourth-order valence-electron chi connectivity index (χ4n) is 1.89. The van der Waals surface area contributed by atoms with Gasteiger partial charge in [-0.3, -0.25) is 4.90 Å². The van der Waals surface area contributed by atoms with E-state index < -0.39 is 0 Å². The Morgan fingerprint density at radius 3 is 2.79 bits per heavy atom. The zero-order valence-electron chi connectivity index (χ0n) is 8.53. The average molecular weight is 188 g/mol. The van der Waals surface area contributed by atoms with Crippen LogP contribution in [0.25, 0.3) is 5.57 Å². The van der Waals surface area contributed by atoms with Crippen LogP contribution >= 0.6 is 0 Å². The van der Waals surface area contributed by atoms with E-state index in [1.54, 1.807) is 0 Å². The van der Waals surface area contributed by atoms with Crippen LogP contribution in [0, 0.1) is 0 Å². The number of nitrogens with two attached hydrogens (primary N) is 1. The van der Waals surface area contributed by atoms with E-state index >= 15 is 0 Å². The highest BCUT2D eigenvalue weighted by atomic mass is 15.1. The molecule has 2 nitrogen and oxygen atoms in total. The van der Waals surface area contributed by atoms with Crippen molar-refractivity contribution in [3.63, 3.8) is 0 Å². The van der Waals surface area contributed by atoms with Gasteiger partial charge in [0, 0.05) is 19.6 Å². The maximum atomic E-state index is 5.71. The summed E-state index contributed by atoms with van der Waals surface area (Å²) in [5, 5.41) is 0. The smallest absolute Gasteiger partial charge is 0.0237 e. The van der Waals surface area contributed by atoms with Gasteiger partial charge in [0.15, 0.2) is 0 Å². The summed E-state index contributed by atoms with van der Waals surface area (Å²) in [6, 6.07) is 8.39. The van der Waals surface area contributed by atoms with E-state index in [0.717, 1.165) is 13.1 Å². The first-order chi connectivity index (χ1) is 6.81. The van der Waals surface area contributed by atoms with Crippen LogP contribution in [-0.4, -0.2) is 25.0 Å². The Morgan fingerprint density at radius 2 is 2.14 bits per heavy atom. The minimum Gasteiger partial charge on any atom is -0.326 e. The van der Waals surface area contributed by atoms with E-state index in [1.807, 2.05) is 6.07 Å². The van der Waals surface area contributed by atoms with E-state index in [2.05, 4.69) is 36.2 Å². The highest BCUT2D eigenvalue weighted by molar-refractivity contribution is 5.71. The molecule has 0 aromatic heterocycles. The lowest BCUT2D eigenvalue weighted by atomic mass is 10.0. The maximum absolute atomic E-state index is 5.71. The van der Waals surface area contributed by atoms with Gasteiger partial charge in [-0.2, -0.15) is 0 Å². The van der Waals surface area contributed by atoms with Crippen LogP contribution in [0.4, 0.5) is 0 Å². The molecule has 14 heavy (non-hydrogen) atoms. The third-order valence-corrected chi connectivity index (χ3v) is 2.67. The van der Waals surface area contributed by atoms with Crippen molar-refractivity contribution in [2.45, 2.75) is 6.54 Å². The van der Waals surface area contributed by atoms with Crippen molar-refractivity contribution in [2.75, 3.05) is 20.1 Å². The van der Waals surface area contributed by atoms with Crippen LogP contribution in [-0.2, 0) is 6.54 Å². The van der Waals surface area contributed by atoms with Gasteiger partial charge in [0.2, 0.25) is 0 Å². The summed E-state index contributed by atoms with van der Waals surface area (Å²) in [6.07, 6.45) is 2.29. The monoisotopic (exact) mass is 188 g/mol. The zero-order valence-corrected chi connectivity index (χ0v) is 8.53. The van der Waals surface area contributed by atoms with Gasteiger partial charge >= 0.3 is 0 Å². The van der Waals surface area contributed by atoms with Crippen molar-refractivity contribution < 1.29 is 0 Å². The second-order valence-corrected chi connectivity index (χ2v) is 3.79. The molecule has 1 aromatic carbocycles. The Balaban J connectivity index is 2.32. The van der Waals surface area contributed by atoms with Gasteiger partial charge in [0.05, 0.1) is 0 Å². The average Bonchev–Trinajstić information content (AvgIpc) is 2.65. The van der Waals surface area contributed by atoms with Crippen LogP contribution in [0.3, 0.4) is 0 Å². The quantitative estimate of drug-likeness (QED) is 0.761. The molecule has 74 valence electrons. The number of rotatable bonds is 2. The van der Waals surface area contributed by atoms with Crippen LogP contribution in [0.5, 0.6) is 0 Å². The van der Waals surface area contributed by atoms with Crippen LogP contribution in [0.2, 0.25) is 0 Å². The molecule has 0 bridgehead atoms. The van der Waals surface area contributed by atoms with Crippen molar-refractivity contribution in [3.8, 4) is 0 Å². The predicted octanol–water partition coefficient (Wildman–Crippen LogP) is 1.47. The SMILES string of the molecule is CN1CC=C(c2ccccc2CN)C1. The molecule has 0 saturated heterocycles. The van der Waals surface area contributed by atoms with Gasteiger partial charge in [-0.15, -0.1) is 0 Å². The largest absolute Gasteiger partial charge is 0.326 e. The van der Waals surface area contributed by atoms with Gasteiger partial charge in [-0.1, -0.05) is 30.3 Å². The fourth-order valence-corrected chi connectivity index (χ4v) is 1.89. The third kappa shape index (κ3) is 1.72. The Kier molecular flexibility index (Phi) is 2.66. The molecular formula is C12H16N2. The Labute approximate surface area is 85.0 Å². The van der Waals surface area contributed by atoms with Gasteiger partial charge in [-0.25, -0.2) is 0 Å². The normalized spacial score (nSPS) is 17.1. The predicted molar refractivity (Wildman–Crippen MR) is 59.8 cm³/mol. The molecule has 1 heterocycles. The molecular weight excluding hydrogens is 172 g/mol. The fraction of sp³-hybridized carbons (Fsp3) is 0.333. The zero-order chi connectivity index (χ0) is 9.97. The number of benzene rings is 1. The van der Waals surface area contributed by atoms with E-state index in [0.29, 0.717) is 6.54 Å². The van der Waals surface area contributed by atoms with E-state index in [4.69, 9.17) is 5.73 Å². The summed E-state index contributed by atoms with van der Waals surface area (Å²) in [7, 11) is 2.13. The first-order valence-corrected chi connectivity index (χ1v) is 4.97. The Bertz CT molecular complexity index is 355. The van der Waals surface area contributed by atoms with Gasteiger partial charge in [0.1, 0.15) is 0 Å². The summed E-state index contributed by atoms with van der Waals surface area (Å²) < 4.78 is 0. The highest BCUT2D eigenvalue weighted by Gasteiger charge is 2.13. The third-order valence-electron chi connectivity index (χ3n) is 2.67. The topological polar surface area (TPSA) is 29.3 Å². The molecule has 0 radical (unpaired) electrons. The van der Waals surface area contributed by atoms with Crippen LogP contribution in [0.15, 0.2) is 30.3 Å². The first kappa shape index (κ1) is 9.44. The number of nitrogens with zero attached hydrogens (tertiary/aromatic N) is 1. The van der Waals surface area contributed by atoms with Gasteiger partial charge in [-0.05, 0) is 23.7 Å². The second kappa shape index (κ2) is 3.95. The number of likely N-dealkylation sites (N-methyl/N-ethyl adjacent to an activating group) is 1. The molecule has 0 spiro atoms. The molecule has 0 aliphatic carbocycles. The lowest BCUT2D eigenvalue weighted by Crippen LogP contribution is -2.14. The molecule has 2 rings (SSSR count). The molecule has 0 saturated carbocycles. The van der Waals surface area contributed by atoms with Crippen molar-refractivity contribution >= 4 is 5.57 Å². The molecule has 1 aliphatic heterocycles. The minimum absolute atomic E-state index is 0.622. The molecule has 1 aliphatic rings. The van der Waals surface area contributed by atoms with Crippen LogP contribution < -0.4 is 5.73 Å². The Hall–Kier alpha value is -1.12. The minimum atomic E-state index is 0.622. The molecule has 0 unspecified atom stereocenters. The molecule has 1 aromatic rings. The summed E-state index contributed by atoms with van der Waals surface area (Å²) in [5.41, 5.74) is 9.69. The number of hydrogen-bond donors (Lipinski definition) is 1. The van der Waals surface area contributed by atoms with E-state index in [9.17, 15) is 0 Å². The molecule has 0 amide bonds. The van der Waals surface area contributed by atoms with Gasteiger partial charge in [0.25, 0.3) is 0 Å². The van der Waals surface area contributed by atoms with Crippen molar-refractivity contribution in [1.29, 1.82) is 0 Å². The van der Waals surface area contributed by atoms with Crippen molar-refractivity contribution in [1.82, 2.24) is 4.90 Å². The van der Waals surface area contributed by atoms with E-state index in [-0.39, 0.29) is 0 Å². The molecule has 2 heteroatoms. The van der Waals surface area contributed by atoms with Crippen molar-refractivity contribution in [2.24, 2.45) is 5.73 Å². The molecule has 0 fully saturated rings. The standard InChI is InChI=1S/C12H16N2/c1-14-7-6-11(9-14)12-5-3-2-4-10(12)8-13/h2-6H,7-9,13H2,1H3. The summed E-state index contributed by atoms with van der Waals surface area (Å²) in [4.78, 5) is 2.29. The summed E-state index contributed by atoms with van der Waals surface area (Å²) in [5.74, 6) is 0. The van der Waals surface area contributed by atoms with E-state index in [1.165, 1.54) is 16.7 Å².